The molecule has 0 spiro atoms. The number of nitrogens with zero attached hydrogens (tertiary/aromatic N) is 2. The van der Waals surface area contributed by atoms with E-state index >= 15 is 0 Å². The van der Waals surface area contributed by atoms with Crippen molar-refractivity contribution in [2.75, 3.05) is 7.11 Å². The molecule has 1 rings (SSSR count). The zero-order chi connectivity index (χ0) is 17.8. The topological polar surface area (TPSA) is 87.1 Å². The SMILES string of the molecule is COc1c(C(=O)ON=O)cc(CO[Si](C)(C)C(C)(C)C)nc1Cl. The highest BCUT2D eigenvalue weighted by Crippen LogP contribution is 2.37. The van der Waals surface area contributed by atoms with E-state index in [4.69, 9.17) is 20.8 Å². The van der Waals surface area contributed by atoms with Gasteiger partial charge in [0.15, 0.2) is 24.6 Å². The predicted molar refractivity (Wildman–Crippen MR) is 89.0 cm³/mol. The molecule has 0 aliphatic rings. The molecule has 0 fully saturated rings. The number of hydrogen-bond acceptors (Lipinski definition) is 7. The van der Waals surface area contributed by atoms with Crippen LogP contribution in [0.15, 0.2) is 11.4 Å². The van der Waals surface area contributed by atoms with Crippen LogP contribution in [-0.2, 0) is 15.9 Å². The first kappa shape index (κ1) is 19.5. The molecule has 23 heavy (non-hydrogen) atoms. The second-order valence-electron chi connectivity index (χ2n) is 6.49. The van der Waals surface area contributed by atoms with Crippen LogP contribution in [0.3, 0.4) is 0 Å². The van der Waals surface area contributed by atoms with Gasteiger partial charge < -0.3 is 9.16 Å². The molecule has 0 radical (unpaired) electrons. The maximum absolute atomic E-state index is 11.8. The summed E-state index contributed by atoms with van der Waals surface area (Å²) in [6.45, 7) is 10.7. The number of halogens is 1. The molecule has 0 amide bonds. The molecule has 0 saturated heterocycles. The molecule has 0 aliphatic heterocycles. The third-order valence-electron chi connectivity index (χ3n) is 3.92. The van der Waals surface area contributed by atoms with Gasteiger partial charge in [-0.3, -0.25) is 4.84 Å². The van der Waals surface area contributed by atoms with E-state index in [1.807, 2.05) is 0 Å². The van der Waals surface area contributed by atoms with Gasteiger partial charge in [0.1, 0.15) is 5.56 Å². The number of carbonyl (C=O) groups excluding carboxylic acids is 1. The van der Waals surface area contributed by atoms with E-state index < -0.39 is 14.3 Å². The van der Waals surface area contributed by atoms with Gasteiger partial charge in [-0.2, -0.15) is 0 Å². The van der Waals surface area contributed by atoms with E-state index in [1.54, 1.807) is 0 Å². The minimum Gasteiger partial charge on any atom is -0.493 e. The lowest BCUT2D eigenvalue weighted by Gasteiger charge is -2.36. The highest BCUT2D eigenvalue weighted by molar-refractivity contribution is 6.74. The maximum atomic E-state index is 11.8. The third-order valence-corrected chi connectivity index (χ3v) is 8.65. The van der Waals surface area contributed by atoms with E-state index in [1.165, 1.54) is 13.2 Å². The first-order valence-corrected chi connectivity index (χ1v) is 10.2. The number of methoxy groups -OCH3 is 1. The lowest BCUT2D eigenvalue weighted by atomic mass is 10.2. The molecule has 1 heterocycles. The molecular formula is C14H21ClN2O5Si. The fourth-order valence-corrected chi connectivity index (χ4v) is 2.76. The fourth-order valence-electron chi connectivity index (χ4n) is 1.53. The Kier molecular flexibility index (Phi) is 6.26. The van der Waals surface area contributed by atoms with Crippen LogP contribution >= 0.6 is 11.6 Å². The van der Waals surface area contributed by atoms with Gasteiger partial charge in [0.2, 0.25) is 0 Å². The van der Waals surface area contributed by atoms with Gasteiger partial charge in [-0.15, -0.1) is 4.91 Å². The standard InChI is InChI=1S/C14H21ClN2O5Si/c1-14(2,3)23(5,6)21-8-9-7-10(13(18)22-17-19)11(20-4)12(15)16-9/h7H,8H2,1-6H3. The molecule has 0 bridgehead atoms. The summed E-state index contributed by atoms with van der Waals surface area (Å²) in [6.07, 6.45) is 0. The highest BCUT2D eigenvalue weighted by atomic mass is 35.5. The number of carbonyl (C=O) groups is 1. The van der Waals surface area contributed by atoms with Gasteiger partial charge in [0.05, 0.1) is 19.4 Å². The zero-order valence-corrected chi connectivity index (χ0v) is 15.9. The van der Waals surface area contributed by atoms with Crippen molar-refractivity contribution in [1.82, 2.24) is 4.98 Å². The Morgan fingerprint density at radius 1 is 1.39 bits per heavy atom. The van der Waals surface area contributed by atoms with Gasteiger partial charge in [-0.25, -0.2) is 9.78 Å². The second-order valence-corrected chi connectivity index (χ2v) is 11.7. The molecule has 9 heteroatoms. The lowest BCUT2D eigenvalue weighted by Crippen LogP contribution is -2.40. The van der Waals surface area contributed by atoms with Crippen LogP contribution in [0, 0.1) is 4.91 Å². The number of rotatable bonds is 6. The molecule has 0 saturated carbocycles. The van der Waals surface area contributed by atoms with Crippen molar-refractivity contribution in [3.05, 3.63) is 27.4 Å². The summed E-state index contributed by atoms with van der Waals surface area (Å²) in [5.41, 5.74) is 0.416. The van der Waals surface area contributed by atoms with Crippen LogP contribution in [0.25, 0.3) is 0 Å². The third kappa shape index (κ3) is 4.73. The Labute approximate surface area is 141 Å². The Bertz CT molecular complexity index is 602. The summed E-state index contributed by atoms with van der Waals surface area (Å²) in [5, 5.41) is 2.14. The zero-order valence-electron chi connectivity index (χ0n) is 14.1. The van der Waals surface area contributed by atoms with Crippen LogP contribution in [0.2, 0.25) is 23.3 Å². The summed E-state index contributed by atoms with van der Waals surface area (Å²) in [7, 11) is -0.653. The summed E-state index contributed by atoms with van der Waals surface area (Å²) in [4.78, 5) is 30.2. The Hall–Kier alpha value is -1.51. The molecule has 7 nitrogen and oxygen atoms in total. The van der Waals surface area contributed by atoms with Gasteiger partial charge in [0.25, 0.3) is 0 Å². The van der Waals surface area contributed by atoms with Crippen LogP contribution in [0.4, 0.5) is 0 Å². The Morgan fingerprint density at radius 3 is 2.48 bits per heavy atom. The molecule has 1 aromatic rings. The smallest absolute Gasteiger partial charge is 0.373 e. The summed E-state index contributed by atoms with van der Waals surface area (Å²) < 4.78 is 11.1. The monoisotopic (exact) mass is 360 g/mol. The molecule has 0 aliphatic carbocycles. The van der Waals surface area contributed by atoms with Gasteiger partial charge in [0, 0.05) is 0 Å². The van der Waals surface area contributed by atoms with E-state index in [0.29, 0.717) is 5.69 Å². The molecule has 128 valence electrons. The van der Waals surface area contributed by atoms with E-state index in [-0.39, 0.29) is 28.1 Å². The van der Waals surface area contributed by atoms with Crippen LogP contribution < -0.4 is 4.74 Å². The molecule has 1 aromatic heterocycles. The van der Waals surface area contributed by atoms with Crippen LogP contribution in [0.1, 0.15) is 36.8 Å². The van der Waals surface area contributed by atoms with Crippen molar-refractivity contribution in [2.24, 2.45) is 5.34 Å². The second kappa shape index (κ2) is 7.37. The van der Waals surface area contributed by atoms with Crippen molar-refractivity contribution in [3.63, 3.8) is 0 Å². The Balaban J connectivity index is 3.10. The predicted octanol–water partition coefficient (Wildman–Crippen LogP) is 4.10. The normalized spacial score (nSPS) is 12.0. The number of pyridine rings is 1. The Morgan fingerprint density at radius 2 is 2.00 bits per heavy atom. The maximum Gasteiger partial charge on any atom is 0.373 e. The molecule has 0 aromatic carbocycles. The fraction of sp³-hybridized carbons (Fsp3) is 0.571. The van der Waals surface area contributed by atoms with Crippen LogP contribution in [0.5, 0.6) is 5.75 Å². The first-order valence-electron chi connectivity index (χ1n) is 6.95. The number of ether oxygens (including phenoxy) is 1. The highest BCUT2D eigenvalue weighted by Gasteiger charge is 2.37. The lowest BCUT2D eigenvalue weighted by molar-refractivity contribution is 0.0504. The summed E-state index contributed by atoms with van der Waals surface area (Å²) in [5.74, 6) is -0.939. The minimum atomic E-state index is -1.99. The number of hydrogen-bond donors (Lipinski definition) is 0. The van der Waals surface area contributed by atoms with Crippen molar-refractivity contribution >= 4 is 25.9 Å². The molecule has 0 atom stereocenters. The van der Waals surface area contributed by atoms with E-state index in [9.17, 15) is 9.70 Å². The van der Waals surface area contributed by atoms with Gasteiger partial charge in [-0.1, -0.05) is 32.4 Å². The van der Waals surface area contributed by atoms with Crippen molar-refractivity contribution in [2.45, 2.75) is 45.5 Å². The average Bonchev–Trinajstić information content (AvgIpc) is 2.43. The number of aromatic nitrogens is 1. The first-order chi connectivity index (χ1) is 10.5. The molecule has 0 unspecified atom stereocenters. The van der Waals surface area contributed by atoms with Crippen LogP contribution in [-0.4, -0.2) is 26.4 Å². The van der Waals surface area contributed by atoms with E-state index in [0.717, 1.165) is 0 Å². The molecular weight excluding hydrogens is 340 g/mol. The largest absolute Gasteiger partial charge is 0.493 e. The van der Waals surface area contributed by atoms with Gasteiger partial charge in [-0.05, 0) is 24.2 Å². The van der Waals surface area contributed by atoms with E-state index in [2.05, 4.69) is 49.0 Å². The van der Waals surface area contributed by atoms with Crippen molar-refractivity contribution < 1.29 is 18.8 Å². The molecule has 0 N–H and O–H groups in total. The van der Waals surface area contributed by atoms with Gasteiger partial charge >= 0.3 is 5.97 Å². The summed E-state index contributed by atoms with van der Waals surface area (Å²) in [6, 6.07) is 1.42. The van der Waals surface area contributed by atoms with Crippen molar-refractivity contribution in [1.29, 1.82) is 0 Å². The summed E-state index contributed by atoms with van der Waals surface area (Å²) >= 11 is 6.02. The minimum absolute atomic E-state index is 0.0123. The quantitative estimate of drug-likeness (QED) is 0.328. The average molecular weight is 361 g/mol. The van der Waals surface area contributed by atoms with Crippen molar-refractivity contribution in [3.8, 4) is 5.75 Å².